The molecule has 58 heavy (non-hydrogen) atoms. The van der Waals surface area contributed by atoms with Crippen molar-refractivity contribution in [3.8, 4) is 73.0 Å². The molecule has 0 saturated carbocycles. The summed E-state index contributed by atoms with van der Waals surface area (Å²) in [5.74, 6) is 1.47. The van der Waals surface area contributed by atoms with Gasteiger partial charge in [-0.05, 0) is 58.7 Å². The summed E-state index contributed by atoms with van der Waals surface area (Å²) in [7, 11) is 0. The van der Waals surface area contributed by atoms with Gasteiger partial charge < -0.3 is 4.57 Å². The molecule has 0 atom stereocenters. The van der Waals surface area contributed by atoms with Crippen molar-refractivity contribution in [2.45, 2.75) is 0 Å². The van der Waals surface area contributed by atoms with E-state index in [4.69, 9.17) is 9.97 Å². The number of benzene rings is 8. The molecule has 0 aliphatic carbocycles. The first-order valence-electron chi connectivity index (χ1n) is 19.7. The summed E-state index contributed by atoms with van der Waals surface area (Å²) in [6, 6.07) is 77.6. The van der Waals surface area contributed by atoms with E-state index in [9.17, 15) is 0 Å². The predicted molar refractivity (Wildman–Crippen MR) is 240 cm³/mol. The van der Waals surface area contributed by atoms with E-state index in [0.29, 0.717) is 5.82 Å². The standard InChI is InChI=1S/C54H36N4/c1-5-19-37(20-6-1)41-33-42(38-21-7-2-8-22-38)35-43(34-41)57-48-30-16-13-27-44(48)52-45-28-14-17-31-49(45)58(50-32-18-15-29-46(50)53(52)57)51-36-47(39-23-9-3-10-24-39)55-54(56-51)40-25-11-4-12-26-40/h1-36H. The molecule has 272 valence electrons. The molecule has 3 heterocycles. The fourth-order valence-corrected chi connectivity index (χ4v) is 8.52. The molecule has 0 radical (unpaired) electrons. The molecule has 0 amide bonds. The molecule has 0 bridgehead atoms. The Morgan fingerprint density at radius 2 is 0.862 bits per heavy atom. The first-order chi connectivity index (χ1) is 28.8. The second-order valence-electron chi connectivity index (χ2n) is 14.6. The molecule has 0 unspecified atom stereocenters. The number of aromatic nitrogens is 3. The van der Waals surface area contributed by atoms with E-state index in [1.807, 2.05) is 24.3 Å². The second kappa shape index (κ2) is 14.0. The smallest absolute Gasteiger partial charge is 0.162 e. The summed E-state index contributed by atoms with van der Waals surface area (Å²) >= 11 is 0. The Balaban J connectivity index is 1.22. The van der Waals surface area contributed by atoms with Crippen LogP contribution in [-0.4, -0.2) is 14.5 Å². The minimum Gasteiger partial charge on any atom is -0.308 e. The van der Waals surface area contributed by atoms with E-state index in [1.54, 1.807) is 0 Å². The van der Waals surface area contributed by atoms with Crippen molar-refractivity contribution in [1.29, 1.82) is 0 Å². The average Bonchev–Trinajstić information content (AvgIpc) is 3.59. The zero-order valence-electron chi connectivity index (χ0n) is 31.6. The molecule has 4 nitrogen and oxygen atoms in total. The highest BCUT2D eigenvalue weighted by Gasteiger charge is 2.32. The molecule has 0 spiro atoms. The van der Waals surface area contributed by atoms with Crippen LogP contribution in [0.5, 0.6) is 0 Å². The third kappa shape index (κ3) is 5.70. The molecule has 0 saturated heterocycles. The zero-order chi connectivity index (χ0) is 38.4. The molecule has 0 fully saturated rings. The van der Waals surface area contributed by atoms with Crippen molar-refractivity contribution in [1.82, 2.24) is 14.5 Å². The molecular weight excluding hydrogens is 705 g/mol. The Morgan fingerprint density at radius 1 is 0.362 bits per heavy atom. The number of anilines is 3. The van der Waals surface area contributed by atoms with Crippen LogP contribution in [0.3, 0.4) is 0 Å². The molecular formula is C54H36N4. The quantitative estimate of drug-likeness (QED) is 0.170. The van der Waals surface area contributed by atoms with Crippen LogP contribution in [0.4, 0.5) is 17.2 Å². The lowest BCUT2D eigenvalue weighted by molar-refractivity contribution is 1.12. The van der Waals surface area contributed by atoms with E-state index in [1.165, 1.54) is 22.1 Å². The van der Waals surface area contributed by atoms with Crippen molar-refractivity contribution in [3.05, 3.63) is 218 Å². The average molecular weight is 741 g/mol. The largest absolute Gasteiger partial charge is 0.308 e. The van der Waals surface area contributed by atoms with Gasteiger partial charge in [0, 0.05) is 45.0 Å². The van der Waals surface area contributed by atoms with Crippen molar-refractivity contribution in [3.63, 3.8) is 0 Å². The van der Waals surface area contributed by atoms with Crippen LogP contribution >= 0.6 is 0 Å². The van der Waals surface area contributed by atoms with Gasteiger partial charge in [-0.2, -0.15) is 0 Å². The SMILES string of the molecule is c1ccc(-c2cc(-c3ccccc3)cc(-n3c4c(c5ccccc53)-c3ccccc3N(c3cc(-c5ccccc5)nc(-c5ccccc5)n3)c3ccccc3-4)c2)cc1. The first-order valence-corrected chi connectivity index (χ1v) is 19.7. The number of hydrogen-bond donors (Lipinski definition) is 0. The van der Waals surface area contributed by atoms with Crippen LogP contribution in [0.15, 0.2) is 218 Å². The molecule has 8 aromatic carbocycles. The summed E-state index contributed by atoms with van der Waals surface area (Å²) in [6.45, 7) is 0. The third-order valence-electron chi connectivity index (χ3n) is 11.1. The number of hydrogen-bond acceptors (Lipinski definition) is 3. The van der Waals surface area contributed by atoms with Gasteiger partial charge in [0.25, 0.3) is 0 Å². The number of para-hydroxylation sites is 3. The minimum absolute atomic E-state index is 0.676. The maximum Gasteiger partial charge on any atom is 0.162 e. The van der Waals surface area contributed by atoms with Gasteiger partial charge in [0.05, 0.1) is 28.3 Å². The number of rotatable bonds is 6. The first kappa shape index (κ1) is 33.5. The highest BCUT2D eigenvalue weighted by Crippen LogP contribution is 2.54. The Morgan fingerprint density at radius 3 is 1.50 bits per heavy atom. The molecule has 1 aliphatic rings. The van der Waals surface area contributed by atoms with E-state index in [2.05, 4.69) is 204 Å². The summed E-state index contributed by atoms with van der Waals surface area (Å²) in [4.78, 5) is 12.9. The molecule has 11 rings (SSSR count). The van der Waals surface area contributed by atoms with Gasteiger partial charge in [0.15, 0.2) is 5.82 Å². The predicted octanol–water partition coefficient (Wildman–Crippen LogP) is 14.2. The van der Waals surface area contributed by atoms with Gasteiger partial charge in [-0.25, -0.2) is 9.97 Å². The molecule has 10 aromatic rings. The highest BCUT2D eigenvalue weighted by molar-refractivity contribution is 6.13. The Kier molecular flexibility index (Phi) is 8.11. The second-order valence-corrected chi connectivity index (χ2v) is 14.6. The van der Waals surface area contributed by atoms with Gasteiger partial charge >= 0.3 is 0 Å². The van der Waals surface area contributed by atoms with Crippen molar-refractivity contribution in [2.24, 2.45) is 0 Å². The van der Waals surface area contributed by atoms with E-state index in [-0.39, 0.29) is 0 Å². The maximum absolute atomic E-state index is 5.38. The molecule has 0 N–H and O–H groups in total. The summed E-state index contributed by atoms with van der Waals surface area (Å²) in [5, 5.41) is 1.19. The van der Waals surface area contributed by atoms with Crippen LogP contribution in [0.25, 0.3) is 83.9 Å². The summed E-state index contributed by atoms with van der Waals surface area (Å²) in [6.07, 6.45) is 0. The van der Waals surface area contributed by atoms with Crippen LogP contribution in [0, 0.1) is 0 Å². The zero-order valence-corrected chi connectivity index (χ0v) is 31.6. The Labute approximate surface area is 337 Å². The third-order valence-corrected chi connectivity index (χ3v) is 11.1. The summed E-state index contributed by atoms with van der Waals surface area (Å²) in [5.41, 5.74) is 16.4. The van der Waals surface area contributed by atoms with Crippen molar-refractivity contribution < 1.29 is 0 Å². The lowest BCUT2D eigenvalue weighted by atomic mass is 9.97. The summed E-state index contributed by atoms with van der Waals surface area (Å²) < 4.78 is 2.48. The van der Waals surface area contributed by atoms with Gasteiger partial charge in [0.1, 0.15) is 5.82 Å². The molecule has 2 aromatic heterocycles. The fraction of sp³-hybridized carbons (Fsp3) is 0. The monoisotopic (exact) mass is 740 g/mol. The fourth-order valence-electron chi connectivity index (χ4n) is 8.52. The topological polar surface area (TPSA) is 34.0 Å². The highest BCUT2D eigenvalue weighted by atomic mass is 15.2. The minimum atomic E-state index is 0.676. The lowest BCUT2D eigenvalue weighted by Crippen LogP contribution is -2.14. The van der Waals surface area contributed by atoms with Gasteiger partial charge in [0.2, 0.25) is 0 Å². The van der Waals surface area contributed by atoms with Crippen LogP contribution in [-0.2, 0) is 0 Å². The van der Waals surface area contributed by atoms with Gasteiger partial charge in [-0.3, -0.25) is 4.90 Å². The van der Waals surface area contributed by atoms with E-state index >= 15 is 0 Å². The van der Waals surface area contributed by atoms with Crippen LogP contribution < -0.4 is 4.90 Å². The van der Waals surface area contributed by atoms with Gasteiger partial charge in [-0.1, -0.05) is 176 Å². The molecule has 4 heteroatoms. The number of fused-ring (bicyclic) bond motifs is 7. The lowest BCUT2D eigenvalue weighted by Gasteiger charge is -2.27. The Hall–Kier alpha value is -7.82. The van der Waals surface area contributed by atoms with E-state index in [0.717, 1.165) is 73.2 Å². The molecule has 1 aliphatic heterocycles. The number of nitrogens with zero attached hydrogens (tertiary/aromatic N) is 4. The van der Waals surface area contributed by atoms with Gasteiger partial charge in [-0.15, -0.1) is 0 Å². The van der Waals surface area contributed by atoms with Crippen LogP contribution in [0.1, 0.15) is 0 Å². The van der Waals surface area contributed by atoms with E-state index < -0.39 is 0 Å². The maximum atomic E-state index is 5.38. The Bertz CT molecular complexity index is 2980. The van der Waals surface area contributed by atoms with Crippen molar-refractivity contribution >= 4 is 28.1 Å². The van der Waals surface area contributed by atoms with Crippen molar-refractivity contribution in [2.75, 3.05) is 4.90 Å². The normalized spacial score (nSPS) is 11.8. The van der Waals surface area contributed by atoms with Crippen LogP contribution in [0.2, 0.25) is 0 Å².